The molecular weight excluding hydrogens is 412 g/mol. The molecule has 32 heavy (non-hydrogen) atoms. The van der Waals surface area contributed by atoms with Crippen molar-refractivity contribution in [1.29, 1.82) is 0 Å². The minimum Gasteiger partial charge on any atom is -0.371 e. The van der Waals surface area contributed by atoms with Crippen LogP contribution in [0.5, 0.6) is 0 Å². The van der Waals surface area contributed by atoms with E-state index < -0.39 is 0 Å². The smallest absolute Gasteiger partial charge is 0.206 e. The topological polar surface area (TPSA) is 45.2 Å². The Bertz CT molecular complexity index is 1290. The molecule has 2 saturated heterocycles. The van der Waals surface area contributed by atoms with Gasteiger partial charge in [0.05, 0.1) is 20.8 Å². The van der Waals surface area contributed by atoms with Crippen molar-refractivity contribution in [2.45, 2.75) is 34.2 Å². The summed E-state index contributed by atoms with van der Waals surface area (Å²) in [6.07, 6.45) is 0. The zero-order valence-electron chi connectivity index (χ0n) is 19.6. The summed E-state index contributed by atoms with van der Waals surface area (Å²) in [5, 5.41) is 1.33. The third kappa shape index (κ3) is 2.58. The molecule has 4 atom stereocenters. The Morgan fingerprint density at radius 1 is 1.00 bits per heavy atom. The molecule has 166 valence electrons. The van der Waals surface area contributed by atoms with Gasteiger partial charge in [0.1, 0.15) is 13.1 Å². The van der Waals surface area contributed by atoms with Crippen LogP contribution >= 0.6 is 11.3 Å². The fraction of sp³-hybridized carbons (Fsp3) is 0.556. The van der Waals surface area contributed by atoms with Crippen molar-refractivity contribution in [1.82, 2.24) is 9.56 Å². The number of anilines is 1. The first-order valence-electron chi connectivity index (χ1n) is 12.2. The van der Waals surface area contributed by atoms with E-state index in [1.165, 1.54) is 52.4 Å². The molecule has 0 aromatic heterocycles. The van der Waals surface area contributed by atoms with E-state index in [0.717, 1.165) is 34.9 Å². The predicted octanol–water partition coefficient (Wildman–Crippen LogP) is 4.01. The molecule has 0 radical (unpaired) electrons. The molecule has 6 aliphatic rings. The van der Waals surface area contributed by atoms with E-state index in [4.69, 9.17) is 10.7 Å². The van der Waals surface area contributed by atoms with Gasteiger partial charge in [-0.05, 0) is 46.9 Å². The Labute approximate surface area is 194 Å². The van der Waals surface area contributed by atoms with Crippen LogP contribution in [0.2, 0.25) is 0 Å². The Kier molecular flexibility index (Phi) is 3.73. The highest BCUT2D eigenvalue weighted by Crippen LogP contribution is 2.62. The normalized spacial score (nSPS) is 31.3. The predicted molar refractivity (Wildman–Crippen MR) is 133 cm³/mol. The number of rotatable bonds is 2. The summed E-state index contributed by atoms with van der Waals surface area (Å²) in [6, 6.07) is 11.4. The van der Waals surface area contributed by atoms with Gasteiger partial charge < -0.3 is 10.6 Å². The zero-order chi connectivity index (χ0) is 22.0. The molecule has 5 heteroatoms. The van der Waals surface area contributed by atoms with Crippen LogP contribution < -0.4 is 20.6 Å². The maximum atomic E-state index is 6.19. The van der Waals surface area contributed by atoms with Gasteiger partial charge in [0.2, 0.25) is 5.36 Å². The second kappa shape index (κ2) is 6.12. The van der Waals surface area contributed by atoms with Crippen molar-refractivity contribution < 1.29 is 0 Å². The first kappa shape index (κ1) is 19.5. The lowest BCUT2D eigenvalue weighted by atomic mass is 10.1. The number of aromatic nitrogens is 1. The Morgan fingerprint density at radius 2 is 1.69 bits per heavy atom. The number of hydrogen-bond acceptors (Lipinski definition) is 4. The summed E-state index contributed by atoms with van der Waals surface area (Å²) in [6.45, 7) is 15.0. The number of benzene rings is 2. The van der Waals surface area contributed by atoms with Gasteiger partial charge in [-0.1, -0.05) is 27.7 Å². The van der Waals surface area contributed by atoms with E-state index in [1.54, 1.807) is 0 Å². The molecule has 7 rings (SSSR count). The number of piperidine rings is 2. The van der Waals surface area contributed by atoms with Gasteiger partial charge in [-0.2, -0.15) is 0 Å². The molecule has 3 heterocycles. The summed E-state index contributed by atoms with van der Waals surface area (Å²) >= 11 is 1.88. The second-order valence-corrected chi connectivity index (χ2v) is 13.0. The van der Waals surface area contributed by atoms with Crippen LogP contribution in [-0.2, 0) is 6.54 Å². The first-order chi connectivity index (χ1) is 15.3. The number of nitrogens with two attached hydrogens (primary N) is 1. The van der Waals surface area contributed by atoms with Crippen LogP contribution in [0, 0.1) is 34.5 Å². The second-order valence-electron chi connectivity index (χ2n) is 11.9. The molecule has 4 unspecified atom stereocenters. The molecule has 2 saturated carbocycles. The number of fused-ring (bicyclic) bond motifs is 4. The fourth-order valence-electron chi connectivity index (χ4n) is 7.02. The van der Waals surface area contributed by atoms with E-state index >= 15 is 0 Å². The Morgan fingerprint density at radius 3 is 2.38 bits per heavy atom. The summed E-state index contributed by atoms with van der Waals surface area (Å²) in [4.78, 5) is 8.89. The van der Waals surface area contributed by atoms with Crippen LogP contribution in [0.15, 0.2) is 30.3 Å². The summed E-state index contributed by atoms with van der Waals surface area (Å²) < 4.78 is 3.86. The molecule has 4 fully saturated rings. The minimum atomic E-state index is 0.526. The monoisotopic (exact) mass is 445 g/mol. The lowest BCUT2D eigenvalue weighted by Crippen LogP contribution is -2.35. The van der Waals surface area contributed by atoms with Gasteiger partial charge in [0.15, 0.2) is 0 Å². The maximum Gasteiger partial charge on any atom is 0.206 e. The van der Waals surface area contributed by atoms with Crippen molar-refractivity contribution in [2.75, 3.05) is 31.1 Å². The van der Waals surface area contributed by atoms with Gasteiger partial charge in [0, 0.05) is 48.8 Å². The third-order valence-electron chi connectivity index (χ3n) is 9.73. The largest absolute Gasteiger partial charge is 0.371 e. The van der Waals surface area contributed by atoms with Crippen molar-refractivity contribution >= 4 is 27.2 Å². The van der Waals surface area contributed by atoms with E-state index in [-0.39, 0.29) is 0 Å². The third-order valence-corrected chi connectivity index (χ3v) is 10.8. The van der Waals surface area contributed by atoms with E-state index in [2.05, 4.69) is 67.5 Å². The average Bonchev–Trinajstić information content (AvgIpc) is 3.29. The molecule has 0 amide bonds. The van der Waals surface area contributed by atoms with Gasteiger partial charge in [-0.3, -0.25) is 0 Å². The molecule has 1 aromatic carbocycles. The molecule has 4 nitrogen and oxygen atoms in total. The molecule has 2 N–H and O–H groups in total. The highest BCUT2D eigenvalue weighted by molar-refractivity contribution is 7.21. The zero-order valence-corrected chi connectivity index (χ0v) is 20.4. The number of hydrogen-bond donors (Lipinski definition) is 1. The quantitative estimate of drug-likeness (QED) is 0.479. The SMILES string of the molecule is CC1(C)C2CN(c3ccc4nc5cc(CN)c(=[N+]6CC7C(C6)C7(C)C)cc-5sc4c3)CC21. The van der Waals surface area contributed by atoms with Gasteiger partial charge in [-0.15, -0.1) is 11.3 Å². The lowest BCUT2D eigenvalue weighted by Gasteiger charge is -2.24. The van der Waals surface area contributed by atoms with Crippen LogP contribution in [0.25, 0.3) is 20.8 Å². The molecule has 1 aromatic rings. The summed E-state index contributed by atoms with van der Waals surface area (Å²) in [5.41, 5.74) is 12.0. The van der Waals surface area contributed by atoms with Crippen molar-refractivity contribution in [3.05, 3.63) is 41.3 Å². The highest BCUT2D eigenvalue weighted by atomic mass is 32.1. The fourth-order valence-corrected chi connectivity index (χ4v) is 8.04. The van der Waals surface area contributed by atoms with Gasteiger partial charge in [0.25, 0.3) is 0 Å². The standard InChI is InChI=1S/C27H33N4S/c1-26(2)17-11-30(12-18(17)26)16-5-6-21-24(8-16)32-25-9-23(15(10-28)7-22(25)29-21)31-13-19-20(14-31)27(19,3)4/h5-9,17-20H,10-14,28H2,1-4H3/q+1. The van der Waals surface area contributed by atoms with Crippen LogP contribution in [0.3, 0.4) is 0 Å². The Hall–Kier alpha value is -1.98. The number of nitrogens with zero attached hydrogens (tertiary/aromatic N) is 3. The van der Waals surface area contributed by atoms with E-state index in [0.29, 0.717) is 17.4 Å². The van der Waals surface area contributed by atoms with Gasteiger partial charge in [-0.25, -0.2) is 9.56 Å². The molecule has 3 aliphatic heterocycles. The van der Waals surface area contributed by atoms with Crippen molar-refractivity contribution in [2.24, 2.45) is 40.2 Å². The van der Waals surface area contributed by atoms with Crippen molar-refractivity contribution in [3.8, 4) is 10.6 Å². The minimum absolute atomic E-state index is 0.526. The molecular formula is C27H33N4S+. The first-order valence-corrected chi connectivity index (χ1v) is 13.0. The molecule has 0 bridgehead atoms. The molecule has 0 spiro atoms. The summed E-state index contributed by atoms with van der Waals surface area (Å²) in [5.74, 6) is 3.40. The Balaban J connectivity index is 1.29. The van der Waals surface area contributed by atoms with Gasteiger partial charge >= 0.3 is 0 Å². The maximum absolute atomic E-state index is 6.19. The lowest BCUT2D eigenvalue weighted by molar-refractivity contribution is 0.438. The highest BCUT2D eigenvalue weighted by Gasteiger charge is 2.65. The van der Waals surface area contributed by atoms with Crippen LogP contribution in [0.1, 0.15) is 33.3 Å². The van der Waals surface area contributed by atoms with E-state index in [1.807, 2.05) is 11.3 Å². The van der Waals surface area contributed by atoms with Crippen LogP contribution in [-0.4, -0.2) is 31.2 Å². The van der Waals surface area contributed by atoms with Crippen molar-refractivity contribution in [3.63, 3.8) is 0 Å². The van der Waals surface area contributed by atoms with Crippen LogP contribution in [0.4, 0.5) is 5.69 Å². The van der Waals surface area contributed by atoms with E-state index in [9.17, 15) is 0 Å². The average molecular weight is 446 g/mol. The summed E-state index contributed by atoms with van der Waals surface area (Å²) in [7, 11) is 0. The molecule has 3 aliphatic carbocycles.